The van der Waals surface area contributed by atoms with E-state index >= 15 is 0 Å². The van der Waals surface area contributed by atoms with Gasteiger partial charge in [0.1, 0.15) is 0 Å². The SMILES string of the molecule is CCC(C)C1CNC(CC(C)C)CN1CCOC(C)(C)C. The molecular weight excluding hydrogens is 260 g/mol. The predicted octanol–water partition coefficient (Wildman–Crippen LogP) is 3.54. The van der Waals surface area contributed by atoms with Gasteiger partial charge in [0.25, 0.3) is 0 Å². The van der Waals surface area contributed by atoms with Crippen molar-refractivity contribution >= 4 is 0 Å². The van der Waals surface area contributed by atoms with Crippen LogP contribution in [0.1, 0.15) is 61.3 Å². The number of hydrogen-bond donors (Lipinski definition) is 1. The van der Waals surface area contributed by atoms with Gasteiger partial charge in [-0.25, -0.2) is 0 Å². The largest absolute Gasteiger partial charge is 0.375 e. The second kappa shape index (κ2) is 8.50. The topological polar surface area (TPSA) is 24.5 Å². The molecule has 0 saturated carbocycles. The van der Waals surface area contributed by atoms with Crippen LogP contribution in [0.2, 0.25) is 0 Å². The van der Waals surface area contributed by atoms with E-state index in [2.05, 4.69) is 58.7 Å². The summed E-state index contributed by atoms with van der Waals surface area (Å²) in [5.41, 5.74) is -0.0305. The van der Waals surface area contributed by atoms with Gasteiger partial charge in [0.05, 0.1) is 12.2 Å². The zero-order valence-electron chi connectivity index (χ0n) is 15.4. The van der Waals surface area contributed by atoms with Crippen molar-refractivity contribution in [2.45, 2.75) is 79.0 Å². The highest BCUT2D eigenvalue weighted by Crippen LogP contribution is 2.20. The van der Waals surface area contributed by atoms with Crippen molar-refractivity contribution in [2.75, 3.05) is 26.2 Å². The molecule has 0 aromatic carbocycles. The fraction of sp³-hybridized carbons (Fsp3) is 1.00. The van der Waals surface area contributed by atoms with E-state index in [4.69, 9.17) is 4.74 Å². The Kier molecular flexibility index (Phi) is 7.66. The summed E-state index contributed by atoms with van der Waals surface area (Å²) in [5.74, 6) is 1.50. The fourth-order valence-electron chi connectivity index (χ4n) is 3.19. The summed E-state index contributed by atoms with van der Waals surface area (Å²) in [6, 6.07) is 1.29. The van der Waals surface area contributed by atoms with Crippen LogP contribution in [0.3, 0.4) is 0 Å². The molecule has 1 aliphatic heterocycles. The van der Waals surface area contributed by atoms with E-state index in [1.807, 2.05) is 0 Å². The predicted molar refractivity (Wildman–Crippen MR) is 91.8 cm³/mol. The van der Waals surface area contributed by atoms with Crippen LogP contribution in [0, 0.1) is 11.8 Å². The Hall–Kier alpha value is -0.120. The summed E-state index contributed by atoms with van der Waals surface area (Å²) < 4.78 is 5.95. The van der Waals surface area contributed by atoms with E-state index < -0.39 is 0 Å². The van der Waals surface area contributed by atoms with Gasteiger partial charge in [-0.3, -0.25) is 4.90 Å². The molecule has 1 fully saturated rings. The third kappa shape index (κ3) is 7.12. The second-order valence-corrected chi connectivity index (χ2v) is 8.14. The molecular formula is C18H38N2O. The van der Waals surface area contributed by atoms with E-state index in [1.54, 1.807) is 0 Å². The van der Waals surface area contributed by atoms with Crippen LogP contribution in [0.5, 0.6) is 0 Å². The summed E-state index contributed by atoms with van der Waals surface area (Å²) in [5, 5.41) is 3.77. The molecule has 0 amide bonds. The molecule has 0 bridgehead atoms. The highest BCUT2D eigenvalue weighted by atomic mass is 16.5. The summed E-state index contributed by atoms with van der Waals surface area (Å²) in [7, 11) is 0. The molecule has 1 N–H and O–H groups in total. The van der Waals surface area contributed by atoms with E-state index in [1.165, 1.54) is 19.4 Å². The van der Waals surface area contributed by atoms with Crippen molar-refractivity contribution in [1.82, 2.24) is 10.2 Å². The molecule has 1 rings (SSSR count). The van der Waals surface area contributed by atoms with Gasteiger partial charge in [0, 0.05) is 31.7 Å². The first-order valence-corrected chi connectivity index (χ1v) is 8.84. The number of ether oxygens (including phenoxy) is 1. The van der Waals surface area contributed by atoms with Crippen molar-refractivity contribution < 1.29 is 4.74 Å². The van der Waals surface area contributed by atoms with Crippen LogP contribution in [-0.4, -0.2) is 48.8 Å². The molecule has 3 atom stereocenters. The lowest BCUT2D eigenvalue weighted by atomic mass is 9.92. The third-order valence-corrected chi connectivity index (χ3v) is 4.51. The molecule has 1 aliphatic rings. The first-order valence-electron chi connectivity index (χ1n) is 8.84. The lowest BCUT2D eigenvalue weighted by Crippen LogP contribution is -2.59. The van der Waals surface area contributed by atoms with E-state index in [0.717, 1.165) is 31.5 Å². The first-order chi connectivity index (χ1) is 9.73. The highest BCUT2D eigenvalue weighted by molar-refractivity contribution is 4.89. The first kappa shape index (κ1) is 18.9. The minimum Gasteiger partial charge on any atom is -0.375 e. The molecule has 0 aliphatic carbocycles. The van der Waals surface area contributed by atoms with E-state index in [0.29, 0.717) is 12.1 Å². The van der Waals surface area contributed by atoms with Crippen molar-refractivity contribution in [3.05, 3.63) is 0 Å². The third-order valence-electron chi connectivity index (χ3n) is 4.51. The van der Waals surface area contributed by atoms with E-state index in [-0.39, 0.29) is 5.60 Å². The van der Waals surface area contributed by atoms with Gasteiger partial charge in [0.15, 0.2) is 0 Å². The van der Waals surface area contributed by atoms with Crippen molar-refractivity contribution in [3.63, 3.8) is 0 Å². The van der Waals surface area contributed by atoms with E-state index in [9.17, 15) is 0 Å². The summed E-state index contributed by atoms with van der Waals surface area (Å²) in [6.45, 7) is 19.9. The number of nitrogens with zero attached hydrogens (tertiary/aromatic N) is 1. The summed E-state index contributed by atoms with van der Waals surface area (Å²) >= 11 is 0. The molecule has 126 valence electrons. The average Bonchev–Trinajstić information content (AvgIpc) is 2.36. The van der Waals surface area contributed by atoms with Crippen LogP contribution >= 0.6 is 0 Å². The lowest BCUT2D eigenvalue weighted by Gasteiger charge is -2.43. The maximum atomic E-state index is 5.95. The van der Waals surface area contributed by atoms with Crippen LogP contribution in [-0.2, 0) is 4.74 Å². The van der Waals surface area contributed by atoms with Gasteiger partial charge < -0.3 is 10.1 Å². The Labute approximate surface area is 132 Å². The fourth-order valence-corrected chi connectivity index (χ4v) is 3.19. The number of nitrogens with one attached hydrogen (secondary N) is 1. The highest BCUT2D eigenvalue weighted by Gasteiger charge is 2.30. The molecule has 3 nitrogen and oxygen atoms in total. The molecule has 21 heavy (non-hydrogen) atoms. The number of rotatable bonds is 7. The van der Waals surface area contributed by atoms with Gasteiger partial charge >= 0.3 is 0 Å². The Morgan fingerprint density at radius 2 is 1.90 bits per heavy atom. The van der Waals surface area contributed by atoms with Crippen LogP contribution < -0.4 is 5.32 Å². The van der Waals surface area contributed by atoms with Gasteiger partial charge in [-0.2, -0.15) is 0 Å². The zero-order valence-corrected chi connectivity index (χ0v) is 15.4. The van der Waals surface area contributed by atoms with Crippen molar-refractivity contribution in [2.24, 2.45) is 11.8 Å². The van der Waals surface area contributed by atoms with Gasteiger partial charge in [-0.1, -0.05) is 34.1 Å². The molecule has 0 radical (unpaired) electrons. The summed E-state index contributed by atoms with van der Waals surface area (Å²) in [6.07, 6.45) is 2.52. The molecule has 3 heteroatoms. The van der Waals surface area contributed by atoms with Crippen LogP contribution in [0.15, 0.2) is 0 Å². The Morgan fingerprint density at radius 3 is 2.43 bits per heavy atom. The molecule has 3 unspecified atom stereocenters. The monoisotopic (exact) mass is 298 g/mol. The molecule has 0 aromatic heterocycles. The number of piperazine rings is 1. The second-order valence-electron chi connectivity index (χ2n) is 8.14. The Morgan fingerprint density at radius 1 is 1.24 bits per heavy atom. The summed E-state index contributed by atoms with van der Waals surface area (Å²) in [4.78, 5) is 2.67. The smallest absolute Gasteiger partial charge is 0.0600 e. The van der Waals surface area contributed by atoms with Crippen LogP contribution in [0.4, 0.5) is 0 Å². The molecule has 0 aromatic rings. The minimum absolute atomic E-state index is 0.0305. The molecule has 1 heterocycles. The maximum absolute atomic E-state index is 5.95. The Bertz CT molecular complexity index is 285. The quantitative estimate of drug-likeness (QED) is 0.778. The standard InChI is InChI=1S/C18H38N2O/c1-8-15(4)17-12-19-16(11-14(2)3)13-20(17)9-10-21-18(5,6)7/h14-17,19H,8-13H2,1-7H3. The van der Waals surface area contributed by atoms with Gasteiger partial charge in [0.2, 0.25) is 0 Å². The minimum atomic E-state index is -0.0305. The van der Waals surface area contributed by atoms with Crippen LogP contribution in [0.25, 0.3) is 0 Å². The average molecular weight is 299 g/mol. The van der Waals surface area contributed by atoms with Gasteiger partial charge in [-0.05, 0) is 39.0 Å². The molecule has 1 saturated heterocycles. The lowest BCUT2D eigenvalue weighted by molar-refractivity contribution is -0.0271. The maximum Gasteiger partial charge on any atom is 0.0600 e. The van der Waals surface area contributed by atoms with Crippen molar-refractivity contribution in [1.29, 1.82) is 0 Å². The molecule has 0 spiro atoms. The number of hydrogen-bond acceptors (Lipinski definition) is 3. The Balaban J connectivity index is 2.56. The normalized spacial score (nSPS) is 26.3. The van der Waals surface area contributed by atoms with Crippen molar-refractivity contribution in [3.8, 4) is 0 Å². The zero-order chi connectivity index (χ0) is 16.0. The van der Waals surface area contributed by atoms with Gasteiger partial charge in [-0.15, -0.1) is 0 Å².